The van der Waals surface area contributed by atoms with E-state index in [2.05, 4.69) is 51.7 Å². The van der Waals surface area contributed by atoms with Crippen LogP contribution < -0.4 is 0 Å². The molecule has 1 atom stereocenters. The molecule has 2 aliphatic rings. The van der Waals surface area contributed by atoms with Crippen molar-refractivity contribution in [3.05, 3.63) is 40.7 Å². The van der Waals surface area contributed by atoms with Crippen molar-refractivity contribution in [3.63, 3.8) is 0 Å². The first-order valence-corrected chi connectivity index (χ1v) is 11.0. The predicted molar refractivity (Wildman–Crippen MR) is 112 cm³/mol. The SMILES string of the molecule is CCCCCC(CC)CC1=CC=C=CC(C2CCC(C)CC2)=C1CC. The number of hydrogen-bond acceptors (Lipinski definition) is 0. The summed E-state index contributed by atoms with van der Waals surface area (Å²) < 4.78 is 0. The zero-order chi connectivity index (χ0) is 18.1. The lowest BCUT2D eigenvalue weighted by atomic mass is 9.76. The van der Waals surface area contributed by atoms with E-state index in [1.54, 1.807) is 16.7 Å². The van der Waals surface area contributed by atoms with Gasteiger partial charge in [-0.15, -0.1) is 5.73 Å². The van der Waals surface area contributed by atoms with Gasteiger partial charge in [0.2, 0.25) is 0 Å². The van der Waals surface area contributed by atoms with E-state index in [0.29, 0.717) is 0 Å². The smallest absolute Gasteiger partial charge is 0.0153 e. The molecule has 0 aliphatic heterocycles. The van der Waals surface area contributed by atoms with Crippen LogP contribution in [0.5, 0.6) is 0 Å². The van der Waals surface area contributed by atoms with Gasteiger partial charge in [-0.3, -0.25) is 0 Å². The van der Waals surface area contributed by atoms with E-state index >= 15 is 0 Å². The molecule has 0 saturated heterocycles. The molecule has 1 unspecified atom stereocenters. The molecular weight excluding hydrogens is 300 g/mol. The summed E-state index contributed by atoms with van der Waals surface area (Å²) in [6.45, 7) is 9.45. The molecule has 2 rings (SSSR count). The number of allylic oxidation sites excluding steroid dienone is 5. The van der Waals surface area contributed by atoms with Crippen LogP contribution in [0, 0.1) is 17.8 Å². The van der Waals surface area contributed by atoms with Crippen LogP contribution in [0.1, 0.15) is 98.3 Å². The van der Waals surface area contributed by atoms with Gasteiger partial charge in [0.05, 0.1) is 0 Å². The maximum atomic E-state index is 3.46. The fourth-order valence-corrected chi connectivity index (χ4v) is 4.66. The summed E-state index contributed by atoms with van der Waals surface area (Å²) >= 11 is 0. The van der Waals surface area contributed by atoms with Crippen molar-refractivity contribution in [2.75, 3.05) is 0 Å². The Balaban J connectivity index is 2.14. The normalized spacial score (nSPS) is 25.0. The van der Waals surface area contributed by atoms with Crippen molar-refractivity contribution >= 4 is 0 Å². The van der Waals surface area contributed by atoms with Crippen LogP contribution in [0.4, 0.5) is 0 Å². The van der Waals surface area contributed by atoms with Gasteiger partial charge in [0.1, 0.15) is 0 Å². The molecular formula is C25H40. The van der Waals surface area contributed by atoms with Gasteiger partial charge in [-0.1, -0.05) is 78.7 Å². The third-order valence-electron chi connectivity index (χ3n) is 6.47. The third kappa shape index (κ3) is 6.03. The van der Waals surface area contributed by atoms with E-state index in [0.717, 1.165) is 17.8 Å². The number of hydrogen-bond donors (Lipinski definition) is 0. The second kappa shape index (κ2) is 10.9. The summed E-state index contributed by atoms with van der Waals surface area (Å²) in [5, 5.41) is 0. The Morgan fingerprint density at radius 1 is 1.08 bits per heavy atom. The van der Waals surface area contributed by atoms with Gasteiger partial charge in [-0.25, -0.2) is 0 Å². The minimum atomic E-state index is 0.772. The van der Waals surface area contributed by atoms with Crippen molar-refractivity contribution in [2.24, 2.45) is 17.8 Å². The first kappa shape index (κ1) is 20.3. The van der Waals surface area contributed by atoms with E-state index in [1.165, 1.54) is 70.6 Å². The van der Waals surface area contributed by atoms with E-state index in [9.17, 15) is 0 Å². The largest absolute Gasteiger partial charge is 0.121 e. The molecule has 0 heterocycles. The molecule has 0 heteroatoms. The fraction of sp³-hybridized carbons (Fsp3) is 0.720. The standard InChI is InChI=1S/C25H40/c1-5-8-9-12-21(6-2)19-23-13-10-11-14-25(24(23)7-3)22-17-15-20(4)16-18-22/h10,13-14,20-22H,5-9,12,15-19H2,1-4H3. The molecule has 0 amide bonds. The van der Waals surface area contributed by atoms with Crippen LogP contribution >= 0.6 is 0 Å². The van der Waals surface area contributed by atoms with Gasteiger partial charge >= 0.3 is 0 Å². The molecule has 2 aliphatic carbocycles. The van der Waals surface area contributed by atoms with Crippen LogP contribution in [0.15, 0.2) is 40.7 Å². The molecule has 0 nitrogen and oxygen atoms in total. The van der Waals surface area contributed by atoms with Gasteiger partial charge in [0.25, 0.3) is 0 Å². The predicted octanol–water partition coefficient (Wildman–Crippen LogP) is 8.17. The Hall–Kier alpha value is -1.00. The molecule has 140 valence electrons. The zero-order valence-corrected chi connectivity index (χ0v) is 17.2. The van der Waals surface area contributed by atoms with E-state index in [1.807, 2.05) is 0 Å². The lowest BCUT2D eigenvalue weighted by molar-refractivity contribution is 0.322. The fourth-order valence-electron chi connectivity index (χ4n) is 4.66. The van der Waals surface area contributed by atoms with E-state index in [4.69, 9.17) is 0 Å². The number of rotatable bonds is 9. The third-order valence-corrected chi connectivity index (χ3v) is 6.47. The Labute approximate surface area is 157 Å². The number of unbranched alkanes of at least 4 members (excludes halogenated alkanes) is 2. The highest BCUT2D eigenvalue weighted by Gasteiger charge is 2.24. The summed E-state index contributed by atoms with van der Waals surface area (Å²) in [6.07, 6.45) is 21.7. The lowest BCUT2D eigenvalue weighted by Gasteiger charge is -2.29. The summed E-state index contributed by atoms with van der Waals surface area (Å²) in [6, 6.07) is 0. The Morgan fingerprint density at radius 2 is 1.84 bits per heavy atom. The Bertz CT molecular complexity index is 516. The minimum Gasteiger partial charge on any atom is -0.121 e. The average molecular weight is 341 g/mol. The molecule has 0 N–H and O–H groups in total. The van der Waals surface area contributed by atoms with E-state index < -0.39 is 0 Å². The Morgan fingerprint density at radius 3 is 2.48 bits per heavy atom. The van der Waals surface area contributed by atoms with Crippen molar-refractivity contribution in [1.82, 2.24) is 0 Å². The molecule has 0 spiro atoms. The van der Waals surface area contributed by atoms with Gasteiger partial charge in [-0.05, 0) is 72.3 Å². The highest BCUT2D eigenvalue weighted by Crippen LogP contribution is 2.39. The summed E-state index contributed by atoms with van der Waals surface area (Å²) in [5.41, 5.74) is 8.34. The molecule has 0 bridgehead atoms. The maximum Gasteiger partial charge on any atom is -0.0153 e. The first-order chi connectivity index (χ1) is 12.2. The molecule has 1 saturated carbocycles. The minimum absolute atomic E-state index is 0.772. The monoisotopic (exact) mass is 340 g/mol. The van der Waals surface area contributed by atoms with Gasteiger partial charge in [0, 0.05) is 0 Å². The second-order valence-electron chi connectivity index (χ2n) is 8.39. The average Bonchev–Trinajstić information content (AvgIpc) is 2.83. The van der Waals surface area contributed by atoms with Crippen LogP contribution in [-0.4, -0.2) is 0 Å². The highest BCUT2D eigenvalue weighted by atomic mass is 14.3. The molecule has 1 fully saturated rings. The highest BCUT2D eigenvalue weighted by molar-refractivity contribution is 5.45. The maximum absolute atomic E-state index is 3.46. The molecule has 0 radical (unpaired) electrons. The van der Waals surface area contributed by atoms with Crippen molar-refractivity contribution in [3.8, 4) is 0 Å². The summed E-state index contributed by atoms with van der Waals surface area (Å²) in [5.74, 6) is 2.54. The second-order valence-corrected chi connectivity index (χ2v) is 8.39. The van der Waals surface area contributed by atoms with Crippen LogP contribution in [0.3, 0.4) is 0 Å². The van der Waals surface area contributed by atoms with Crippen molar-refractivity contribution < 1.29 is 0 Å². The van der Waals surface area contributed by atoms with Gasteiger partial charge in [0.15, 0.2) is 0 Å². The topological polar surface area (TPSA) is 0 Å². The quantitative estimate of drug-likeness (QED) is 0.293. The summed E-state index contributed by atoms with van der Waals surface area (Å²) in [4.78, 5) is 0. The Kier molecular flexibility index (Phi) is 8.83. The summed E-state index contributed by atoms with van der Waals surface area (Å²) in [7, 11) is 0. The van der Waals surface area contributed by atoms with E-state index in [-0.39, 0.29) is 0 Å². The molecule has 25 heavy (non-hydrogen) atoms. The van der Waals surface area contributed by atoms with Crippen LogP contribution in [0.2, 0.25) is 0 Å². The van der Waals surface area contributed by atoms with Gasteiger partial charge in [-0.2, -0.15) is 0 Å². The molecule has 0 aromatic rings. The molecule has 0 aromatic carbocycles. The van der Waals surface area contributed by atoms with Crippen molar-refractivity contribution in [1.29, 1.82) is 0 Å². The van der Waals surface area contributed by atoms with Crippen LogP contribution in [-0.2, 0) is 0 Å². The molecule has 0 aromatic heterocycles. The zero-order valence-electron chi connectivity index (χ0n) is 17.2. The van der Waals surface area contributed by atoms with Crippen LogP contribution in [0.25, 0.3) is 0 Å². The van der Waals surface area contributed by atoms with Gasteiger partial charge < -0.3 is 0 Å². The lowest BCUT2D eigenvalue weighted by Crippen LogP contribution is -2.15. The van der Waals surface area contributed by atoms with Crippen molar-refractivity contribution in [2.45, 2.75) is 98.3 Å². The first-order valence-electron chi connectivity index (χ1n) is 11.0.